The molecule has 0 saturated carbocycles. The smallest absolute Gasteiger partial charge is 0.302 e. The van der Waals surface area contributed by atoms with E-state index in [1.807, 2.05) is 0 Å². The predicted molar refractivity (Wildman–Crippen MR) is 45.5 cm³/mol. The van der Waals surface area contributed by atoms with Gasteiger partial charge in [0.25, 0.3) is 0 Å². The Kier molecular flexibility index (Phi) is 5.74. The first-order chi connectivity index (χ1) is 5.13. The summed E-state index contributed by atoms with van der Waals surface area (Å²) in [7, 11) is 0. The quantitative estimate of drug-likeness (QED) is 0.367. The molecule has 11 heavy (non-hydrogen) atoms. The van der Waals surface area contributed by atoms with Crippen molar-refractivity contribution in [2.24, 2.45) is 0 Å². The molecule has 0 bridgehead atoms. The van der Waals surface area contributed by atoms with Gasteiger partial charge in [0.15, 0.2) is 5.05 Å². The number of carbonyl (C=O) groups excluding carboxylic acids is 1. The van der Waals surface area contributed by atoms with Gasteiger partial charge in [0.2, 0.25) is 0 Å². The molecule has 0 spiro atoms. The van der Waals surface area contributed by atoms with Gasteiger partial charge in [-0.3, -0.25) is 4.79 Å². The van der Waals surface area contributed by atoms with Gasteiger partial charge in [-0.15, -0.1) is 0 Å². The number of thiocarbonyl (C=S) groups is 1. The van der Waals surface area contributed by atoms with Crippen LogP contribution in [0.5, 0.6) is 0 Å². The molecule has 0 rings (SSSR count). The van der Waals surface area contributed by atoms with E-state index in [0.29, 0.717) is 24.7 Å². The maximum atomic E-state index is 10.3. The zero-order valence-electron chi connectivity index (χ0n) is 6.75. The molecular weight excluding hydrogens is 164 g/mol. The zero-order chi connectivity index (χ0) is 8.69. The van der Waals surface area contributed by atoms with Gasteiger partial charge in [-0.25, -0.2) is 0 Å². The molecule has 0 aliphatic rings. The third kappa shape index (κ3) is 9.36. The number of rotatable bonds is 4. The van der Waals surface area contributed by atoms with E-state index in [1.54, 1.807) is 6.92 Å². The van der Waals surface area contributed by atoms with Gasteiger partial charge in [0.1, 0.15) is 0 Å². The van der Waals surface area contributed by atoms with Crippen molar-refractivity contribution in [3.63, 3.8) is 0 Å². The third-order valence-corrected chi connectivity index (χ3v) is 1.02. The molecule has 0 aliphatic carbocycles. The minimum atomic E-state index is -0.260. The average Bonchev–Trinajstić information content (AvgIpc) is 1.85. The average molecular weight is 176 g/mol. The lowest BCUT2D eigenvalue weighted by molar-refractivity contribution is -0.141. The van der Waals surface area contributed by atoms with Crippen molar-refractivity contribution in [2.75, 3.05) is 13.2 Å². The Labute approximate surface area is 71.7 Å². The van der Waals surface area contributed by atoms with Gasteiger partial charge < -0.3 is 9.47 Å². The van der Waals surface area contributed by atoms with E-state index >= 15 is 0 Å². The van der Waals surface area contributed by atoms with Crippen molar-refractivity contribution in [1.82, 2.24) is 0 Å². The first kappa shape index (κ1) is 10.4. The number of ether oxygens (including phenoxy) is 2. The summed E-state index contributed by atoms with van der Waals surface area (Å²) >= 11 is 4.67. The van der Waals surface area contributed by atoms with Crippen LogP contribution in [-0.2, 0) is 14.3 Å². The fraction of sp³-hybridized carbons (Fsp3) is 0.714. The highest BCUT2D eigenvalue weighted by Crippen LogP contribution is 1.87. The molecule has 3 nitrogen and oxygen atoms in total. The van der Waals surface area contributed by atoms with Crippen molar-refractivity contribution in [1.29, 1.82) is 0 Å². The van der Waals surface area contributed by atoms with Crippen LogP contribution in [0.2, 0.25) is 0 Å². The summed E-state index contributed by atoms with van der Waals surface area (Å²) in [5, 5.41) is 0.521. The monoisotopic (exact) mass is 176 g/mol. The fourth-order valence-corrected chi connectivity index (χ4v) is 0.574. The SMILES string of the molecule is CC(=O)OCCCOC(C)=S. The van der Waals surface area contributed by atoms with Crippen LogP contribution in [0.25, 0.3) is 0 Å². The minimum absolute atomic E-state index is 0.260. The second-order valence-electron chi connectivity index (χ2n) is 2.03. The van der Waals surface area contributed by atoms with Gasteiger partial charge in [0.05, 0.1) is 13.2 Å². The minimum Gasteiger partial charge on any atom is -0.487 e. The maximum Gasteiger partial charge on any atom is 0.302 e. The Bertz CT molecular complexity index is 129. The molecular formula is C7H12O3S. The van der Waals surface area contributed by atoms with Crippen LogP contribution < -0.4 is 0 Å². The predicted octanol–water partition coefficient (Wildman–Crippen LogP) is 1.30. The molecule has 64 valence electrons. The molecule has 0 amide bonds. The van der Waals surface area contributed by atoms with Crippen LogP contribution in [0.15, 0.2) is 0 Å². The fourth-order valence-electron chi connectivity index (χ4n) is 0.491. The van der Waals surface area contributed by atoms with Gasteiger partial charge >= 0.3 is 5.97 Å². The van der Waals surface area contributed by atoms with E-state index in [0.717, 1.165) is 0 Å². The molecule has 0 N–H and O–H groups in total. The Morgan fingerprint density at radius 2 is 1.82 bits per heavy atom. The van der Waals surface area contributed by atoms with Gasteiger partial charge in [-0.05, 0) is 12.2 Å². The lowest BCUT2D eigenvalue weighted by Gasteiger charge is -2.02. The molecule has 0 aromatic heterocycles. The molecule has 0 aromatic rings. The highest BCUT2D eigenvalue weighted by molar-refractivity contribution is 7.80. The van der Waals surface area contributed by atoms with E-state index in [9.17, 15) is 4.79 Å². The van der Waals surface area contributed by atoms with Crippen LogP contribution in [0, 0.1) is 0 Å². The van der Waals surface area contributed by atoms with Crippen LogP contribution in [0.4, 0.5) is 0 Å². The van der Waals surface area contributed by atoms with Crippen LogP contribution in [0.3, 0.4) is 0 Å². The van der Waals surface area contributed by atoms with Gasteiger partial charge in [-0.2, -0.15) is 0 Å². The highest BCUT2D eigenvalue weighted by Gasteiger charge is 1.92. The summed E-state index contributed by atoms with van der Waals surface area (Å²) in [6.07, 6.45) is 0.688. The van der Waals surface area contributed by atoms with Crippen molar-refractivity contribution in [3.8, 4) is 0 Å². The molecule has 0 unspecified atom stereocenters. The van der Waals surface area contributed by atoms with Crippen LogP contribution in [0.1, 0.15) is 20.3 Å². The number of carbonyl (C=O) groups is 1. The summed E-state index contributed by atoms with van der Waals surface area (Å²) in [6.45, 7) is 4.01. The van der Waals surface area contributed by atoms with E-state index in [-0.39, 0.29) is 5.97 Å². The lowest BCUT2D eigenvalue weighted by atomic mass is 10.5. The first-order valence-corrected chi connectivity index (χ1v) is 3.80. The number of hydrogen-bond donors (Lipinski definition) is 0. The Morgan fingerprint density at radius 3 is 2.27 bits per heavy atom. The molecule has 4 heteroatoms. The third-order valence-electron chi connectivity index (χ3n) is 0.899. The topological polar surface area (TPSA) is 35.5 Å². The largest absolute Gasteiger partial charge is 0.487 e. The first-order valence-electron chi connectivity index (χ1n) is 3.39. The number of hydrogen-bond acceptors (Lipinski definition) is 4. The van der Waals surface area contributed by atoms with Crippen LogP contribution >= 0.6 is 12.2 Å². The van der Waals surface area contributed by atoms with Crippen molar-refractivity contribution < 1.29 is 14.3 Å². The Hall–Kier alpha value is -0.640. The van der Waals surface area contributed by atoms with Gasteiger partial charge in [-0.1, -0.05) is 0 Å². The second kappa shape index (κ2) is 6.09. The molecule has 0 atom stereocenters. The van der Waals surface area contributed by atoms with Crippen LogP contribution in [-0.4, -0.2) is 24.2 Å². The molecule has 0 heterocycles. The van der Waals surface area contributed by atoms with E-state index in [1.165, 1.54) is 6.92 Å². The summed E-state index contributed by atoms with van der Waals surface area (Å²) in [4.78, 5) is 10.3. The number of esters is 1. The summed E-state index contributed by atoms with van der Waals surface area (Å²) in [5.74, 6) is -0.260. The normalized spacial score (nSPS) is 8.91. The maximum absolute atomic E-state index is 10.3. The molecule has 0 fully saturated rings. The van der Waals surface area contributed by atoms with Crippen molar-refractivity contribution >= 4 is 23.2 Å². The molecule has 0 saturated heterocycles. The Morgan fingerprint density at radius 1 is 1.27 bits per heavy atom. The Balaban J connectivity index is 3.03. The van der Waals surface area contributed by atoms with E-state index in [4.69, 9.17) is 4.74 Å². The highest BCUT2D eigenvalue weighted by atomic mass is 32.1. The van der Waals surface area contributed by atoms with E-state index < -0.39 is 0 Å². The van der Waals surface area contributed by atoms with Crippen molar-refractivity contribution in [3.05, 3.63) is 0 Å². The lowest BCUT2D eigenvalue weighted by Crippen LogP contribution is -2.05. The molecule has 0 aromatic carbocycles. The summed E-state index contributed by atoms with van der Waals surface area (Å²) in [5.41, 5.74) is 0. The molecule has 0 radical (unpaired) electrons. The van der Waals surface area contributed by atoms with Crippen molar-refractivity contribution in [2.45, 2.75) is 20.3 Å². The summed E-state index contributed by atoms with van der Waals surface area (Å²) in [6, 6.07) is 0. The zero-order valence-corrected chi connectivity index (χ0v) is 7.57. The second-order valence-corrected chi connectivity index (χ2v) is 2.61. The summed E-state index contributed by atoms with van der Waals surface area (Å²) < 4.78 is 9.63. The van der Waals surface area contributed by atoms with Gasteiger partial charge in [0, 0.05) is 20.3 Å². The van der Waals surface area contributed by atoms with E-state index in [2.05, 4.69) is 17.0 Å². The standard InChI is InChI=1S/C7H12O3S/c1-6(8)9-4-3-5-10-7(2)11/h3-5H2,1-2H3. The molecule has 0 aliphatic heterocycles.